The maximum absolute atomic E-state index is 11.2. The van der Waals surface area contributed by atoms with E-state index >= 15 is 0 Å². The van der Waals surface area contributed by atoms with Crippen molar-refractivity contribution < 1.29 is 19.3 Å². The zero-order valence-corrected chi connectivity index (χ0v) is 13.7. The van der Waals surface area contributed by atoms with E-state index in [1.807, 2.05) is 36.4 Å². The third-order valence-electron chi connectivity index (χ3n) is 4.68. The number of nitrogens with zero attached hydrogens (tertiary/aromatic N) is 1. The smallest absolute Gasteiger partial charge is 0.270 e. The van der Waals surface area contributed by atoms with Gasteiger partial charge in [-0.25, -0.2) is 0 Å². The van der Waals surface area contributed by atoms with Gasteiger partial charge in [-0.2, -0.15) is 0 Å². The van der Waals surface area contributed by atoms with Crippen LogP contribution in [0.5, 0.6) is 5.75 Å². The van der Waals surface area contributed by atoms with Gasteiger partial charge in [-0.15, -0.1) is 0 Å². The first kappa shape index (κ1) is 15.8. The highest BCUT2D eigenvalue weighted by Crippen LogP contribution is 2.40. The average Bonchev–Trinajstić information content (AvgIpc) is 3.00. The number of hydrogen-bond donors (Lipinski definition) is 1. The molecule has 6 nitrogen and oxygen atoms in total. The van der Waals surface area contributed by atoms with Crippen LogP contribution in [0.15, 0.2) is 54.3 Å². The van der Waals surface area contributed by atoms with Crippen molar-refractivity contribution in [1.82, 2.24) is 0 Å². The molecular formula is C19H19N2O4+. The summed E-state index contributed by atoms with van der Waals surface area (Å²) in [5.74, 6) is 1.54. The Morgan fingerprint density at radius 2 is 1.88 bits per heavy atom. The van der Waals surface area contributed by atoms with Crippen LogP contribution in [-0.2, 0) is 4.74 Å². The molecule has 0 amide bonds. The van der Waals surface area contributed by atoms with Gasteiger partial charge in [0.05, 0.1) is 23.7 Å². The van der Waals surface area contributed by atoms with Gasteiger partial charge in [0.25, 0.3) is 5.69 Å². The van der Waals surface area contributed by atoms with E-state index in [4.69, 9.17) is 9.47 Å². The largest absolute Gasteiger partial charge is 0.454 e. The van der Waals surface area contributed by atoms with E-state index < -0.39 is 0 Å². The second kappa shape index (κ2) is 6.66. The number of quaternary nitrogens is 1. The summed E-state index contributed by atoms with van der Waals surface area (Å²) in [6, 6.07) is 14.8. The maximum atomic E-state index is 11.2. The fraction of sp³-hybridized carbons (Fsp3) is 0.263. The third-order valence-corrected chi connectivity index (χ3v) is 4.68. The second-order valence-corrected chi connectivity index (χ2v) is 6.24. The van der Waals surface area contributed by atoms with Crippen molar-refractivity contribution in [2.75, 3.05) is 26.3 Å². The quantitative estimate of drug-likeness (QED) is 0.686. The molecule has 6 heteroatoms. The Morgan fingerprint density at radius 3 is 2.60 bits per heavy atom. The number of non-ortho nitro benzene ring substituents is 1. The molecular weight excluding hydrogens is 320 g/mol. The Morgan fingerprint density at radius 1 is 1.12 bits per heavy atom. The first-order valence-corrected chi connectivity index (χ1v) is 8.37. The maximum Gasteiger partial charge on any atom is 0.270 e. The number of nitrogens with one attached hydrogen (secondary N) is 1. The summed E-state index contributed by atoms with van der Waals surface area (Å²) >= 11 is 0. The van der Waals surface area contributed by atoms with E-state index in [-0.39, 0.29) is 16.7 Å². The van der Waals surface area contributed by atoms with E-state index in [2.05, 4.69) is 0 Å². The summed E-state index contributed by atoms with van der Waals surface area (Å²) < 4.78 is 11.6. The molecule has 0 saturated carbocycles. The molecule has 0 radical (unpaired) electrons. The topological polar surface area (TPSA) is 66.0 Å². The molecule has 2 aliphatic heterocycles. The summed E-state index contributed by atoms with van der Waals surface area (Å²) in [5, 5.41) is 11.2. The van der Waals surface area contributed by atoms with Crippen LogP contribution < -0.4 is 9.64 Å². The summed E-state index contributed by atoms with van der Waals surface area (Å²) in [6.07, 6.45) is 2.03. The molecule has 2 aliphatic rings. The van der Waals surface area contributed by atoms with E-state index in [1.54, 1.807) is 12.1 Å². The molecule has 128 valence electrons. The zero-order valence-electron chi connectivity index (χ0n) is 13.7. The Labute approximate surface area is 145 Å². The van der Waals surface area contributed by atoms with Gasteiger partial charge in [0, 0.05) is 12.1 Å². The molecule has 0 unspecified atom stereocenters. The van der Waals surface area contributed by atoms with Crippen LogP contribution in [0.25, 0.3) is 6.08 Å². The fourth-order valence-electron chi connectivity index (χ4n) is 3.48. The van der Waals surface area contributed by atoms with Crippen molar-refractivity contribution in [2.24, 2.45) is 0 Å². The fourth-order valence-corrected chi connectivity index (χ4v) is 3.48. The van der Waals surface area contributed by atoms with Gasteiger partial charge in [-0.3, -0.25) is 10.1 Å². The minimum absolute atomic E-state index is 0.0426. The van der Waals surface area contributed by atoms with Gasteiger partial charge in [0.15, 0.2) is 11.8 Å². The predicted octanol–water partition coefficient (Wildman–Crippen LogP) is 1.98. The highest BCUT2D eigenvalue weighted by atomic mass is 16.6. The number of fused-ring (bicyclic) bond motifs is 1. The van der Waals surface area contributed by atoms with Gasteiger partial charge < -0.3 is 14.4 Å². The molecule has 0 aromatic heterocycles. The Balaban J connectivity index is 1.76. The van der Waals surface area contributed by atoms with Gasteiger partial charge in [0.2, 0.25) is 0 Å². The van der Waals surface area contributed by atoms with E-state index in [0.717, 1.165) is 30.0 Å². The molecule has 1 saturated heterocycles. The monoisotopic (exact) mass is 339 g/mol. The van der Waals surface area contributed by atoms with Crippen molar-refractivity contribution in [3.63, 3.8) is 0 Å². The molecule has 1 fully saturated rings. The van der Waals surface area contributed by atoms with E-state index in [0.29, 0.717) is 19.0 Å². The van der Waals surface area contributed by atoms with Crippen LogP contribution in [0.1, 0.15) is 17.2 Å². The third kappa shape index (κ3) is 3.14. The van der Waals surface area contributed by atoms with Crippen molar-refractivity contribution in [3.8, 4) is 5.75 Å². The molecule has 2 aromatic rings. The summed E-state index contributed by atoms with van der Waals surface area (Å²) in [5.41, 5.74) is 2.03. The predicted molar refractivity (Wildman–Crippen MR) is 92.4 cm³/mol. The number of benzene rings is 2. The molecule has 2 heterocycles. The SMILES string of the molecule is O=[N+]([O-])c1ccc2c(c1)[C@@H]([NH+]1CCOCC1)/C(=C/c1ccccc1)O2. The van der Waals surface area contributed by atoms with Crippen LogP contribution >= 0.6 is 0 Å². The van der Waals surface area contributed by atoms with Gasteiger partial charge in [-0.1, -0.05) is 30.3 Å². The van der Waals surface area contributed by atoms with Crippen LogP contribution in [0.4, 0.5) is 5.69 Å². The average molecular weight is 339 g/mol. The lowest BCUT2D eigenvalue weighted by Gasteiger charge is -2.29. The highest BCUT2D eigenvalue weighted by Gasteiger charge is 2.39. The zero-order chi connectivity index (χ0) is 17.2. The van der Waals surface area contributed by atoms with Crippen LogP contribution in [0.2, 0.25) is 0 Å². The van der Waals surface area contributed by atoms with Crippen molar-refractivity contribution in [1.29, 1.82) is 0 Å². The second-order valence-electron chi connectivity index (χ2n) is 6.24. The first-order valence-electron chi connectivity index (χ1n) is 8.37. The lowest BCUT2D eigenvalue weighted by atomic mass is 10.0. The standard InChI is InChI=1S/C19H18N2O4/c22-21(23)15-6-7-17-16(13-15)19(20-8-10-24-11-9-20)18(25-17)12-14-4-2-1-3-5-14/h1-7,12-13,19H,8-11H2/p+1/b18-12-/t19-/m1/s1. The summed E-state index contributed by atoms with van der Waals surface area (Å²) in [6.45, 7) is 3.08. The van der Waals surface area contributed by atoms with Crippen LogP contribution in [0.3, 0.4) is 0 Å². The number of hydrogen-bond acceptors (Lipinski definition) is 4. The molecule has 1 atom stereocenters. The lowest BCUT2D eigenvalue weighted by molar-refractivity contribution is -0.933. The highest BCUT2D eigenvalue weighted by molar-refractivity contribution is 5.59. The number of nitro benzene ring substituents is 1. The minimum atomic E-state index is -0.356. The van der Waals surface area contributed by atoms with E-state index in [9.17, 15) is 10.1 Å². The first-order chi connectivity index (χ1) is 12.2. The van der Waals surface area contributed by atoms with Gasteiger partial charge >= 0.3 is 0 Å². The van der Waals surface area contributed by atoms with Crippen molar-refractivity contribution in [3.05, 3.63) is 75.5 Å². The molecule has 0 bridgehead atoms. The number of morpholine rings is 1. The molecule has 25 heavy (non-hydrogen) atoms. The van der Waals surface area contributed by atoms with Crippen LogP contribution in [0, 0.1) is 10.1 Å². The summed E-state index contributed by atoms with van der Waals surface area (Å²) in [4.78, 5) is 12.1. The van der Waals surface area contributed by atoms with Gasteiger partial charge in [-0.05, 0) is 17.7 Å². The minimum Gasteiger partial charge on any atom is -0.454 e. The van der Waals surface area contributed by atoms with Crippen LogP contribution in [-0.4, -0.2) is 31.2 Å². The number of ether oxygens (including phenoxy) is 2. The van der Waals surface area contributed by atoms with E-state index in [1.165, 1.54) is 11.0 Å². The number of rotatable bonds is 3. The Kier molecular flexibility index (Phi) is 4.21. The molecule has 4 rings (SSSR count). The van der Waals surface area contributed by atoms with Crippen molar-refractivity contribution in [2.45, 2.75) is 6.04 Å². The van der Waals surface area contributed by atoms with Gasteiger partial charge in [0.1, 0.15) is 18.8 Å². The Bertz CT molecular complexity index is 813. The number of nitro groups is 1. The normalized spacial score (nSPS) is 21.8. The molecule has 0 spiro atoms. The van der Waals surface area contributed by atoms with Crippen molar-refractivity contribution >= 4 is 11.8 Å². The Hall–Kier alpha value is -2.70. The molecule has 1 N–H and O–H groups in total. The molecule has 0 aliphatic carbocycles. The summed E-state index contributed by atoms with van der Waals surface area (Å²) in [7, 11) is 0. The molecule has 2 aromatic carbocycles. The lowest BCUT2D eigenvalue weighted by Crippen LogP contribution is -3.14.